The number of nitrogens with zero attached hydrogens (tertiary/aromatic N) is 1. The van der Waals surface area contributed by atoms with Crippen LogP contribution in [0.3, 0.4) is 0 Å². The van der Waals surface area contributed by atoms with Crippen LogP contribution in [0.15, 0.2) is 5.38 Å². The van der Waals surface area contributed by atoms with Crippen molar-refractivity contribution in [1.82, 2.24) is 10.3 Å². The van der Waals surface area contributed by atoms with Crippen molar-refractivity contribution in [3.05, 3.63) is 16.1 Å². The van der Waals surface area contributed by atoms with Crippen LogP contribution in [0.2, 0.25) is 0 Å². The molecule has 0 saturated heterocycles. The van der Waals surface area contributed by atoms with Gasteiger partial charge in [-0.1, -0.05) is 32.6 Å². The molecule has 1 fully saturated rings. The van der Waals surface area contributed by atoms with Crippen LogP contribution in [-0.2, 0) is 17.9 Å². The summed E-state index contributed by atoms with van der Waals surface area (Å²) in [7, 11) is 0. The molecule has 0 spiro atoms. The first-order valence-electron chi connectivity index (χ1n) is 8.06. The van der Waals surface area contributed by atoms with E-state index in [0.717, 1.165) is 18.3 Å². The van der Waals surface area contributed by atoms with E-state index >= 15 is 0 Å². The lowest BCUT2D eigenvalue weighted by Gasteiger charge is -2.11. The molecule has 1 heterocycles. The van der Waals surface area contributed by atoms with E-state index in [4.69, 9.17) is 4.74 Å². The van der Waals surface area contributed by atoms with E-state index in [2.05, 4.69) is 29.5 Å². The van der Waals surface area contributed by atoms with E-state index in [0.29, 0.717) is 12.7 Å². The summed E-state index contributed by atoms with van der Waals surface area (Å²) < 4.78 is 5.88. The third-order valence-corrected chi connectivity index (χ3v) is 4.60. The standard InChI is InChI=1S/C16H28N2OS/c1-3-4-5-6-7-13(2)19-11-15-12-20-16(18-15)10-17-14-8-9-14/h12-14,17H,3-11H2,1-2H3. The Morgan fingerprint density at radius 3 is 3.00 bits per heavy atom. The van der Waals surface area contributed by atoms with E-state index in [1.165, 1.54) is 50.0 Å². The molecule has 1 saturated carbocycles. The van der Waals surface area contributed by atoms with Crippen LogP contribution in [0, 0.1) is 0 Å². The summed E-state index contributed by atoms with van der Waals surface area (Å²) in [5, 5.41) is 6.82. The lowest BCUT2D eigenvalue weighted by molar-refractivity contribution is 0.0442. The number of rotatable bonds is 11. The van der Waals surface area contributed by atoms with Crippen LogP contribution in [0.5, 0.6) is 0 Å². The Balaban J connectivity index is 1.57. The summed E-state index contributed by atoms with van der Waals surface area (Å²) in [6.45, 7) is 6.00. The first-order valence-corrected chi connectivity index (χ1v) is 8.94. The van der Waals surface area contributed by atoms with Crippen LogP contribution in [-0.4, -0.2) is 17.1 Å². The van der Waals surface area contributed by atoms with Crippen LogP contribution in [0.4, 0.5) is 0 Å². The fourth-order valence-corrected chi connectivity index (χ4v) is 2.91. The molecule has 20 heavy (non-hydrogen) atoms. The maximum atomic E-state index is 5.88. The van der Waals surface area contributed by atoms with Crippen molar-refractivity contribution >= 4 is 11.3 Å². The number of hydrogen-bond acceptors (Lipinski definition) is 4. The highest BCUT2D eigenvalue weighted by molar-refractivity contribution is 7.09. The molecule has 0 aromatic carbocycles. The highest BCUT2D eigenvalue weighted by Gasteiger charge is 2.20. The predicted octanol–water partition coefficient (Wildman–Crippen LogP) is 4.27. The molecule has 1 aliphatic rings. The number of nitrogens with one attached hydrogen (secondary N) is 1. The minimum atomic E-state index is 0.349. The molecule has 1 atom stereocenters. The Labute approximate surface area is 127 Å². The zero-order valence-corrected chi connectivity index (χ0v) is 13.7. The fraction of sp³-hybridized carbons (Fsp3) is 0.812. The first-order chi connectivity index (χ1) is 9.78. The van der Waals surface area contributed by atoms with E-state index in [1.807, 2.05) is 0 Å². The zero-order chi connectivity index (χ0) is 14.2. The van der Waals surface area contributed by atoms with Gasteiger partial charge in [0.2, 0.25) is 0 Å². The summed E-state index contributed by atoms with van der Waals surface area (Å²) in [5.74, 6) is 0. The maximum absolute atomic E-state index is 5.88. The first kappa shape index (κ1) is 15.9. The topological polar surface area (TPSA) is 34.1 Å². The Morgan fingerprint density at radius 2 is 2.25 bits per heavy atom. The van der Waals surface area contributed by atoms with Gasteiger partial charge in [-0.3, -0.25) is 0 Å². The molecule has 1 unspecified atom stereocenters. The number of hydrogen-bond donors (Lipinski definition) is 1. The smallest absolute Gasteiger partial charge is 0.107 e. The molecule has 3 nitrogen and oxygen atoms in total. The zero-order valence-electron chi connectivity index (χ0n) is 12.9. The van der Waals surface area contributed by atoms with Crippen molar-refractivity contribution in [3.63, 3.8) is 0 Å². The van der Waals surface area contributed by atoms with E-state index < -0.39 is 0 Å². The van der Waals surface area contributed by atoms with Crippen molar-refractivity contribution in [1.29, 1.82) is 0 Å². The number of ether oxygens (including phenoxy) is 1. The average molecular weight is 296 g/mol. The third-order valence-electron chi connectivity index (χ3n) is 3.70. The van der Waals surface area contributed by atoms with Crippen molar-refractivity contribution in [2.45, 2.75) is 84.1 Å². The normalized spacial score (nSPS) is 16.5. The molecule has 1 N–H and O–H groups in total. The van der Waals surface area contributed by atoms with Crippen LogP contribution >= 0.6 is 11.3 Å². The average Bonchev–Trinajstić information content (AvgIpc) is 3.17. The lowest BCUT2D eigenvalue weighted by atomic mass is 10.1. The van der Waals surface area contributed by atoms with Crippen molar-refractivity contribution in [2.24, 2.45) is 0 Å². The largest absolute Gasteiger partial charge is 0.372 e. The summed E-state index contributed by atoms with van der Waals surface area (Å²) in [6.07, 6.45) is 9.43. The molecule has 1 aromatic rings. The summed E-state index contributed by atoms with van der Waals surface area (Å²) in [5.41, 5.74) is 1.09. The molecule has 4 heteroatoms. The van der Waals surface area contributed by atoms with Gasteiger partial charge in [0.15, 0.2) is 0 Å². The highest BCUT2D eigenvalue weighted by Crippen LogP contribution is 2.20. The van der Waals surface area contributed by atoms with Crippen LogP contribution in [0.25, 0.3) is 0 Å². The van der Waals surface area contributed by atoms with E-state index in [1.54, 1.807) is 11.3 Å². The molecule has 114 valence electrons. The molecule has 1 aromatic heterocycles. The Hall–Kier alpha value is -0.450. The maximum Gasteiger partial charge on any atom is 0.107 e. The molecule has 1 aliphatic carbocycles. The monoisotopic (exact) mass is 296 g/mol. The van der Waals surface area contributed by atoms with Crippen LogP contribution < -0.4 is 5.32 Å². The van der Waals surface area contributed by atoms with Gasteiger partial charge in [0.05, 0.1) is 18.4 Å². The Kier molecular flexibility index (Phi) is 6.97. The predicted molar refractivity (Wildman–Crippen MR) is 85.0 cm³/mol. The minimum absolute atomic E-state index is 0.349. The molecule has 0 bridgehead atoms. The molecule has 2 rings (SSSR count). The summed E-state index contributed by atoms with van der Waals surface area (Å²) in [4.78, 5) is 4.62. The Morgan fingerprint density at radius 1 is 1.40 bits per heavy atom. The van der Waals surface area contributed by atoms with Crippen LogP contribution in [0.1, 0.15) is 69.5 Å². The SMILES string of the molecule is CCCCCCC(C)OCc1csc(CNC2CC2)n1. The van der Waals surface area contributed by atoms with Gasteiger partial charge >= 0.3 is 0 Å². The van der Waals surface area contributed by atoms with Gasteiger partial charge in [0.25, 0.3) is 0 Å². The van der Waals surface area contributed by atoms with Gasteiger partial charge < -0.3 is 10.1 Å². The van der Waals surface area contributed by atoms with E-state index in [-0.39, 0.29) is 0 Å². The number of thiazole rings is 1. The van der Waals surface area contributed by atoms with Crippen molar-refractivity contribution in [2.75, 3.05) is 0 Å². The van der Waals surface area contributed by atoms with Gasteiger partial charge in [-0.25, -0.2) is 4.98 Å². The summed E-state index contributed by atoms with van der Waals surface area (Å²) in [6, 6.07) is 0.752. The molecular formula is C16H28N2OS. The van der Waals surface area contributed by atoms with Gasteiger partial charge in [0, 0.05) is 18.0 Å². The molecular weight excluding hydrogens is 268 g/mol. The van der Waals surface area contributed by atoms with Crippen molar-refractivity contribution in [3.8, 4) is 0 Å². The van der Waals surface area contributed by atoms with Gasteiger partial charge in [0.1, 0.15) is 5.01 Å². The molecule has 0 amide bonds. The fourth-order valence-electron chi connectivity index (χ4n) is 2.19. The second-order valence-electron chi connectivity index (χ2n) is 5.86. The number of unbranched alkanes of at least 4 members (excludes halogenated alkanes) is 3. The number of aromatic nitrogens is 1. The molecule has 0 aliphatic heterocycles. The van der Waals surface area contributed by atoms with E-state index in [9.17, 15) is 0 Å². The second-order valence-corrected chi connectivity index (χ2v) is 6.80. The summed E-state index contributed by atoms with van der Waals surface area (Å²) >= 11 is 1.74. The van der Waals surface area contributed by atoms with Crippen molar-refractivity contribution < 1.29 is 4.74 Å². The van der Waals surface area contributed by atoms with Gasteiger partial charge in [-0.15, -0.1) is 11.3 Å². The highest BCUT2D eigenvalue weighted by atomic mass is 32.1. The van der Waals surface area contributed by atoms with Gasteiger partial charge in [-0.2, -0.15) is 0 Å². The Bertz CT molecular complexity index is 376. The second kappa shape index (κ2) is 8.75. The quantitative estimate of drug-likeness (QED) is 0.619. The molecule has 0 radical (unpaired) electrons. The van der Waals surface area contributed by atoms with Gasteiger partial charge in [-0.05, 0) is 26.2 Å². The lowest BCUT2D eigenvalue weighted by Crippen LogP contribution is -2.15. The minimum Gasteiger partial charge on any atom is -0.372 e. The third kappa shape index (κ3) is 6.33.